The molecule has 0 saturated heterocycles. The van der Waals surface area contributed by atoms with Gasteiger partial charge in [0.1, 0.15) is 5.75 Å². The molecule has 0 unspecified atom stereocenters. The van der Waals surface area contributed by atoms with E-state index >= 15 is 0 Å². The summed E-state index contributed by atoms with van der Waals surface area (Å²) in [6.45, 7) is 2.00. The molecule has 0 aliphatic carbocycles. The van der Waals surface area contributed by atoms with Gasteiger partial charge in [-0.3, -0.25) is 14.5 Å². The van der Waals surface area contributed by atoms with Crippen LogP contribution in [0, 0.1) is 0 Å². The van der Waals surface area contributed by atoms with Crippen LogP contribution in [0.5, 0.6) is 5.75 Å². The first-order chi connectivity index (χ1) is 14.6. The van der Waals surface area contributed by atoms with Crippen molar-refractivity contribution in [2.45, 2.75) is 13.3 Å². The Morgan fingerprint density at radius 3 is 2.60 bits per heavy atom. The van der Waals surface area contributed by atoms with E-state index in [1.54, 1.807) is 18.1 Å². The number of nitrogens with zero attached hydrogens (tertiary/aromatic N) is 2. The number of nitrogens with one attached hydrogen (secondary N) is 1. The highest BCUT2D eigenvalue weighted by Gasteiger charge is 2.17. The molecule has 0 radical (unpaired) electrons. The third-order valence-corrected chi connectivity index (χ3v) is 5.17. The number of aromatic nitrogens is 1. The molecule has 0 spiro atoms. The normalized spacial score (nSPS) is 10.7. The van der Waals surface area contributed by atoms with Crippen molar-refractivity contribution in [1.29, 1.82) is 0 Å². The van der Waals surface area contributed by atoms with Crippen LogP contribution in [0.1, 0.15) is 18.2 Å². The summed E-state index contributed by atoms with van der Waals surface area (Å²) >= 11 is 1.35. The van der Waals surface area contributed by atoms with Gasteiger partial charge < -0.3 is 10.1 Å². The maximum atomic E-state index is 12.1. The Bertz CT molecular complexity index is 1030. The minimum atomic E-state index is -0.203. The number of hydrogen-bond donors (Lipinski definition) is 1. The maximum Gasteiger partial charge on any atom is 0.244 e. The predicted molar refractivity (Wildman–Crippen MR) is 120 cm³/mol. The fraction of sp³-hybridized carbons (Fsp3) is 0.174. The molecule has 0 atom stereocenters. The van der Waals surface area contributed by atoms with Gasteiger partial charge in [0, 0.05) is 24.9 Å². The number of carbonyl (C=O) groups excluding carboxylic acids is 2. The zero-order valence-corrected chi connectivity index (χ0v) is 17.7. The molecule has 3 rings (SSSR count). The van der Waals surface area contributed by atoms with Crippen LogP contribution >= 0.6 is 11.3 Å². The van der Waals surface area contributed by atoms with Crippen LogP contribution in [0.15, 0.2) is 66.1 Å². The Kier molecular flexibility index (Phi) is 7.34. The Hall–Kier alpha value is -3.45. The lowest BCUT2D eigenvalue weighted by molar-refractivity contribution is -0.117. The Morgan fingerprint density at radius 1 is 1.13 bits per heavy atom. The molecule has 2 aromatic carbocycles. The zero-order chi connectivity index (χ0) is 21.3. The van der Waals surface area contributed by atoms with Crippen molar-refractivity contribution in [3.05, 3.63) is 77.3 Å². The lowest BCUT2D eigenvalue weighted by Gasteiger charge is -2.17. The standard InChI is InChI=1S/C23H23N3O3S/c1-17(27)26(20-9-4-3-5-10-20)23-25-19(16-30-23)12-13-22(28)24-15-14-18-8-6-7-11-21(18)29-2/h3-13,16H,14-15H2,1-2H3,(H,24,28)/b13-12+. The molecule has 0 aliphatic rings. The number of para-hydroxylation sites is 2. The Balaban J connectivity index is 1.58. The molecular weight excluding hydrogens is 398 g/mol. The van der Waals surface area contributed by atoms with Gasteiger partial charge in [0.2, 0.25) is 11.8 Å². The average molecular weight is 422 g/mol. The molecule has 0 aliphatic heterocycles. The van der Waals surface area contributed by atoms with E-state index in [-0.39, 0.29) is 11.8 Å². The molecular formula is C23H23N3O3S. The highest BCUT2D eigenvalue weighted by molar-refractivity contribution is 7.14. The number of carbonyl (C=O) groups is 2. The lowest BCUT2D eigenvalue weighted by atomic mass is 10.1. The molecule has 1 aromatic heterocycles. The molecule has 0 fully saturated rings. The fourth-order valence-corrected chi connectivity index (χ4v) is 3.76. The highest BCUT2D eigenvalue weighted by Crippen LogP contribution is 2.29. The first-order valence-corrected chi connectivity index (χ1v) is 10.4. The van der Waals surface area contributed by atoms with Crippen LogP contribution in [0.2, 0.25) is 0 Å². The summed E-state index contributed by atoms with van der Waals surface area (Å²) < 4.78 is 5.32. The highest BCUT2D eigenvalue weighted by atomic mass is 32.1. The van der Waals surface area contributed by atoms with Gasteiger partial charge in [-0.2, -0.15) is 0 Å². The van der Waals surface area contributed by atoms with E-state index < -0.39 is 0 Å². The van der Waals surface area contributed by atoms with Crippen LogP contribution < -0.4 is 15.0 Å². The van der Waals surface area contributed by atoms with Gasteiger partial charge in [0.25, 0.3) is 0 Å². The van der Waals surface area contributed by atoms with Crippen LogP contribution in [-0.4, -0.2) is 30.5 Å². The second-order valence-electron chi connectivity index (χ2n) is 6.43. The second-order valence-corrected chi connectivity index (χ2v) is 7.27. The summed E-state index contributed by atoms with van der Waals surface area (Å²) in [6, 6.07) is 17.1. The van der Waals surface area contributed by atoms with E-state index in [0.29, 0.717) is 23.8 Å². The van der Waals surface area contributed by atoms with E-state index in [4.69, 9.17) is 4.74 Å². The molecule has 0 saturated carbocycles. The second kappa shape index (κ2) is 10.4. The number of methoxy groups -OCH3 is 1. The maximum absolute atomic E-state index is 12.1. The Labute approximate surface area is 179 Å². The Morgan fingerprint density at radius 2 is 1.87 bits per heavy atom. The summed E-state index contributed by atoms with van der Waals surface area (Å²) in [6.07, 6.45) is 3.76. The van der Waals surface area contributed by atoms with Crippen molar-refractivity contribution in [2.24, 2.45) is 0 Å². The van der Waals surface area contributed by atoms with Crippen LogP contribution in [0.25, 0.3) is 6.08 Å². The van der Waals surface area contributed by atoms with Crippen LogP contribution in [0.3, 0.4) is 0 Å². The summed E-state index contributed by atoms with van der Waals surface area (Å²) in [5, 5.41) is 5.23. The monoisotopic (exact) mass is 421 g/mol. The third kappa shape index (κ3) is 5.55. The van der Waals surface area contributed by atoms with E-state index in [9.17, 15) is 9.59 Å². The summed E-state index contributed by atoms with van der Waals surface area (Å²) in [7, 11) is 1.63. The summed E-state index contributed by atoms with van der Waals surface area (Å²) in [5.74, 6) is 0.483. The van der Waals surface area contributed by atoms with Gasteiger partial charge in [0.15, 0.2) is 5.13 Å². The number of ether oxygens (including phenoxy) is 1. The summed E-state index contributed by atoms with van der Waals surface area (Å²) in [5.41, 5.74) is 2.42. The minimum Gasteiger partial charge on any atom is -0.496 e. The average Bonchev–Trinajstić information content (AvgIpc) is 3.21. The zero-order valence-electron chi connectivity index (χ0n) is 16.9. The van der Waals surface area contributed by atoms with Crippen LogP contribution in [-0.2, 0) is 16.0 Å². The van der Waals surface area contributed by atoms with Crippen molar-refractivity contribution in [1.82, 2.24) is 10.3 Å². The van der Waals surface area contributed by atoms with Crippen molar-refractivity contribution in [2.75, 3.05) is 18.6 Å². The number of anilines is 2. The minimum absolute atomic E-state index is 0.125. The molecule has 154 valence electrons. The number of amides is 2. The van der Waals surface area contributed by atoms with Gasteiger partial charge in [-0.15, -0.1) is 11.3 Å². The van der Waals surface area contributed by atoms with Gasteiger partial charge in [-0.1, -0.05) is 36.4 Å². The first-order valence-electron chi connectivity index (χ1n) is 9.47. The van der Waals surface area contributed by atoms with Crippen molar-refractivity contribution in [3.63, 3.8) is 0 Å². The van der Waals surface area contributed by atoms with Crippen molar-refractivity contribution in [3.8, 4) is 5.75 Å². The molecule has 3 aromatic rings. The van der Waals surface area contributed by atoms with Gasteiger partial charge in [0.05, 0.1) is 18.5 Å². The number of thiazole rings is 1. The molecule has 1 heterocycles. The number of benzene rings is 2. The molecule has 6 nitrogen and oxygen atoms in total. The number of rotatable bonds is 8. The van der Waals surface area contributed by atoms with E-state index in [1.165, 1.54) is 24.3 Å². The SMILES string of the molecule is COc1ccccc1CCNC(=O)/C=C/c1csc(N(C(C)=O)c2ccccc2)n1. The summed E-state index contributed by atoms with van der Waals surface area (Å²) in [4.78, 5) is 30.2. The number of hydrogen-bond acceptors (Lipinski definition) is 5. The van der Waals surface area contributed by atoms with E-state index in [1.807, 2.05) is 60.0 Å². The first kappa shape index (κ1) is 21.3. The van der Waals surface area contributed by atoms with Gasteiger partial charge >= 0.3 is 0 Å². The molecule has 7 heteroatoms. The molecule has 30 heavy (non-hydrogen) atoms. The predicted octanol–water partition coefficient (Wildman–Crippen LogP) is 4.21. The fourth-order valence-electron chi connectivity index (χ4n) is 2.91. The molecule has 0 bridgehead atoms. The van der Waals surface area contributed by atoms with Crippen molar-refractivity contribution < 1.29 is 14.3 Å². The van der Waals surface area contributed by atoms with Gasteiger partial charge in [-0.25, -0.2) is 4.98 Å². The van der Waals surface area contributed by atoms with Crippen LogP contribution in [0.4, 0.5) is 10.8 Å². The lowest BCUT2D eigenvalue weighted by Crippen LogP contribution is -2.23. The van der Waals surface area contributed by atoms with Crippen molar-refractivity contribution >= 4 is 40.0 Å². The smallest absolute Gasteiger partial charge is 0.244 e. The molecule has 2 amide bonds. The molecule has 1 N–H and O–H groups in total. The third-order valence-electron chi connectivity index (χ3n) is 4.32. The largest absolute Gasteiger partial charge is 0.496 e. The topological polar surface area (TPSA) is 71.5 Å². The van der Waals surface area contributed by atoms with Gasteiger partial charge in [-0.05, 0) is 36.3 Å². The quantitative estimate of drug-likeness (QED) is 0.553. The van der Waals surface area contributed by atoms with E-state index in [2.05, 4.69) is 10.3 Å². The van der Waals surface area contributed by atoms with E-state index in [0.717, 1.165) is 17.0 Å².